The van der Waals surface area contributed by atoms with E-state index >= 15 is 0 Å². The van der Waals surface area contributed by atoms with E-state index in [0.717, 1.165) is 56.6 Å². The largest absolute Gasteiger partial charge is 0.371 e. The number of hydrogen-bond donors (Lipinski definition) is 0. The van der Waals surface area contributed by atoms with Gasteiger partial charge in [0.05, 0.1) is 16.0 Å². The summed E-state index contributed by atoms with van der Waals surface area (Å²) >= 11 is 6.40. The Balaban J connectivity index is 1.45. The van der Waals surface area contributed by atoms with E-state index in [0.29, 0.717) is 16.5 Å². The van der Waals surface area contributed by atoms with Crippen molar-refractivity contribution < 1.29 is 9.59 Å². The van der Waals surface area contributed by atoms with Gasteiger partial charge in [-0.1, -0.05) is 41.9 Å². The number of piperidine rings is 1. The number of likely N-dealkylation sites (N-methyl/N-ethyl adjacent to an activating group) is 1. The molecule has 0 spiro atoms. The predicted octanol–water partition coefficient (Wildman–Crippen LogP) is 5.47. The summed E-state index contributed by atoms with van der Waals surface area (Å²) in [5.74, 6) is 0.763. The van der Waals surface area contributed by atoms with Crippen LogP contribution in [-0.4, -0.2) is 62.4 Å². The monoisotopic (exact) mass is 483 g/mol. The maximum absolute atomic E-state index is 13.1. The first-order valence-electron chi connectivity index (χ1n) is 12.2. The van der Waals surface area contributed by atoms with Gasteiger partial charge in [0, 0.05) is 46.5 Å². The van der Waals surface area contributed by atoms with Crippen LogP contribution in [0.25, 0.3) is 0 Å². The van der Waals surface area contributed by atoms with E-state index in [1.807, 2.05) is 74.3 Å². The fourth-order valence-electron chi connectivity index (χ4n) is 4.77. The predicted molar refractivity (Wildman–Crippen MR) is 141 cm³/mol. The van der Waals surface area contributed by atoms with E-state index < -0.39 is 5.41 Å². The van der Waals surface area contributed by atoms with Crippen LogP contribution in [0.3, 0.4) is 0 Å². The van der Waals surface area contributed by atoms with Crippen molar-refractivity contribution in [2.45, 2.75) is 44.9 Å². The standard InChI is InChI=1S/C28H38ClN3O2/c1-28(2,22-11-7-6-8-12-22)27(34)31(5)17-9-10-21-15-18-32(19-16-21)23-13-14-24(25(29)20-23)26(33)30(3)4/h6-8,11-14,20-21H,9-10,15-19H2,1-5H3. The molecule has 1 heterocycles. The number of carbonyl (C=O) groups excluding carboxylic acids is 2. The molecule has 1 aliphatic heterocycles. The van der Waals surface area contributed by atoms with Crippen molar-refractivity contribution in [3.8, 4) is 0 Å². The van der Waals surface area contributed by atoms with Gasteiger partial charge in [-0.15, -0.1) is 0 Å². The zero-order valence-corrected chi connectivity index (χ0v) is 21.9. The van der Waals surface area contributed by atoms with E-state index in [2.05, 4.69) is 4.90 Å². The summed E-state index contributed by atoms with van der Waals surface area (Å²) in [7, 11) is 5.38. The van der Waals surface area contributed by atoms with Gasteiger partial charge in [-0.25, -0.2) is 0 Å². The molecule has 0 atom stereocenters. The highest BCUT2D eigenvalue weighted by atomic mass is 35.5. The van der Waals surface area contributed by atoms with Gasteiger partial charge < -0.3 is 14.7 Å². The van der Waals surface area contributed by atoms with Crippen LogP contribution < -0.4 is 4.90 Å². The molecule has 2 amide bonds. The van der Waals surface area contributed by atoms with Crippen molar-refractivity contribution in [3.05, 3.63) is 64.7 Å². The molecule has 6 heteroatoms. The molecule has 0 N–H and O–H groups in total. The van der Waals surface area contributed by atoms with Crippen LogP contribution in [0.5, 0.6) is 0 Å². The van der Waals surface area contributed by atoms with Gasteiger partial charge in [-0.05, 0) is 69.2 Å². The molecule has 0 bridgehead atoms. The highest BCUT2D eigenvalue weighted by molar-refractivity contribution is 6.34. The summed E-state index contributed by atoms with van der Waals surface area (Å²) in [5.41, 5.74) is 2.15. The third-order valence-electron chi connectivity index (χ3n) is 7.05. The molecule has 34 heavy (non-hydrogen) atoms. The molecule has 184 valence electrons. The zero-order chi connectivity index (χ0) is 24.9. The third-order valence-corrected chi connectivity index (χ3v) is 7.36. The molecule has 3 rings (SSSR count). The quantitative estimate of drug-likeness (QED) is 0.499. The Morgan fingerprint density at radius 1 is 1.03 bits per heavy atom. The van der Waals surface area contributed by atoms with E-state index in [1.54, 1.807) is 19.0 Å². The summed E-state index contributed by atoms with van der Waals surface area (Å²) in [4.78, 5) is 31.1. The Labute approximate surface area is 209 Å². The van der Waals surface area contributed by atoms with E-state index in [-0.39, 0.29) is 11.8 Å². The normalized spacial score (nSPS) is 14.7. The lowest BCUT2D eigenvalue weighted by atomic mass is 9.83. The summed E-state index contributed by atoms with van der Waals surface area (Å²) in [5, 5.41) is 0.504. The average Bonchev–Trinajstić information content (AvgIpc) is 2.83. The van der Waals surface area contributed by atoms with Gasteiger partial charge in [-0.2, -0.15) is 0 Å². The summed E-state index contributed by atoms with van der Waals surface area (Å²) < 4.78 is 0. The lowest BCUT2D eigenvalue weighted by molar-refractivity contribution is -0.135. The lowest BCUT2D eigenvalue weighted by Gasteiger charge is -2.34. The number of hydrogen-bond acceptors (Lipinski definition) is 3. The zero-order valence-electron chi connectivity index (χ0n) is 21.2. The molecule has 1 saturated heterocycles. The minimum Gasteiger partial charge on any atom is -0.371 e. The minimum atomic E-state index is -0.519. The van der Waals surface area contributed by atoms with Crippen molar-refractivity contribution in [2.24, 2.45) is 5.92 Å². The highest BCUT2D eigenvalue weighted by Crippen LogP contribution is 2.30. The number of benzene rings is 2. The number of halogens is 1. The van der Waals surface area contributed by atoms with Gasteiger partial charge in [0.1, 0.15) is 0 Å². The summed E-state index contributed by atoms with van der Waals surface area (Å²) in [6.07, 6.45) is 4.41. The Morgan fingerprint density at radius 3 is 2.26 bits per heavy atom. The van der Waals surface area contributed by atoms with Gasteiger partial charge in [0.15, 0.2) is 0 Å². The smallest absolute Gasteiger partial charge is 0.254 e. The van der Waals surface area contributed by atoms with Crippen LogP contribution in [0, 0.1) is 5.92 Å². The first-order chi connectivity index (χ1) is 16.1. The molecule has 5 nitrogen and oxygen atoms in total. The topological polar surface area (TPSA) is 43.9 Å². The molecular formula is C28H38ClN3O2. The van der Waals surface area contributed by atoms with Crippen molar-refractivity contribution in [3.63, 3.8) is 0 Å². The maximum Gasteiger partial charge on any atom is 0.254 e. The van der Waals surface area contributed by atoms with E-state index in [1.165, 1.54) is 0 Å². The van der Waals surface area contributed by atoms with Gasteiger partial charge >= 0.3 is 0 Å². The molecule has 0 saturated carbocycles. The van der Waals surface area contributed by atoms with Crippen LogP contribution in [0.2, 0.25) is 5.02 Å². The molecule has 2 aromatic rings. The van der Waals surface area contributed by atoms with Crippen LogP contribution >= 0.6 is 11.6 Å². The maximum atomic E-state index is 13.1. The fourth-order valence-corrected chi connectivity index (χ4v) is 5.02. The first-order valence-corrected chi connectivity index (χ1v) is 12.6. The number of carbonyl (C=O) groups is 2. The van der Waals surface area contributed by atoms with Crippen molar-refractivity contribution in [1.29, 1.82) is 0 Å². The lowest BCUT2D eigenvalue weighted by Crippen LogP contribution is -2.42. The second-order valence-electron chi connectivity index (χ2n) is 10.2. The van der Waals surface area contributed by atoms with E-state index in [9.17, 15) is 9.59 Å². The Kier molecular flexibility index (Phi) is 8.64. The van der Waals surface area contributed by atoms with Crippen molar-refractivity contribution in [1.82, 2.24) is 9.80 Å². The first kappa shape index (κ1) is 26.1. The summed E-state index contributed by atoms with van der Waals surface area (Å²) in [6, 6.07) is 15.8. The second-order valence-corrected chi connectivity index (χ2v) is 10.6. The number of rotatable bonds is 8. The molecule has 1 aliphatic rings. The number of amides is 2. The fraction of sp³-hybridized carbons (Fsp3) is 0.500. The van der Waals surface area contributed by atoms with Gasteiger partial charge in [0.2, 0.25) is 5.91 Å². The molecule has 0 radical (unpaired) electrons. The molecule has 0 aliphatic carbocycles. The Bertz CT molecular complexity index is 982. The van der Waals surface area contributed by atoms with Crippen LogP contribution in [0.4, 0.5) is 5.69 Å². The SMILES string of the molecule is CN(C)C(=O)c1ccc(N2CCC(CCCN(C)C(=O)C(C)(C)c3ccccc3)CC2)cc1Cl. The Hall–Kier alpha value is -2.53. The number of anilines is 1. The van der Waals surface area contributed by atoms with Gasteiger partial charge in [0.25, 0.3) is 5.91 Å². The summed E-state index contributed by atoms with van der Waals surface area (Å²) in [6.45, 7) is 6.76. The average molecular weight is 484 g/mol. The second kappa shape index (κ2) is 11.3. The molecule has 1 fully saturated rings. The number of nitrogens with zero attached hydrogens (tertiary/aromatic N) is 3. The van der Waals surface area contributed by atoms with Crippen LogP contribution in [0.1, 0.15) is 55.5 Å². The Morgan fingerprint density at radius 2 is 1.68 bits per heavy atom. The molecule has 0 aromatic heterocycles. The molecular weight excluding hydrogens is 446 g/mol. The van der Waals surface area contributed by atoms with Crippen molar-refractivity contribution in [2.75, 3.05) is 45.7 Å². The molecule has 0 unspecified atom stereocenters. The third kappa shape index (κ3) is 6.12. The molecule has 2 aromatic carbocycles. The van der Waals surface area contributed by atoms with E-state index in [4.69, 9.17) is 11.6 Å². The van der Waals surface area contributed by atoms with Gasteiger partial charge in [-0.3, -0.25) is 9.59 Å². The van der Waals surface area contributed by atoms with Crippen molar-refractivity contribution >= 4 is 29.1 Å². The van der Waals surface area contributed by atoms with Crippen LogP contribution in [-0.2, 0) is 10.2 Å². The minimum absolute atomic E-state index is 0.0779. The van der Waals surface area contributed by atoms with Crippen LogP contribution in [0.15, 0.2) is 48.5 Å². The highest BCUT2D eigenvalue weighted by Gasteiger charge is 2.32.